The predicted octanol–water partition coefficient (Wildman–Crippen LogP) is 0.00380. The van der Waals surface area contributed by atoms with Gasteiger partial charge in [0.05, 0.1) is 25.7 Å². The maximum absolute atomic E-state index is 13.7. The zero-order valence-electron chi connectivity index (χ0n) is 25.3. The Morgan fingerprint density at radius 1 is 1.09 bits per heavy atom. The minimum absolute atomic E-state index is 0.129. The van der Waals surface area contributed by atoms with Crippen LogP contribution in [0.1, 0.15) is 54.4 Å². The summed E-state index contributed by atoms with van der Waals surface area (Å²) in [6.45, 7) is 9.14. The number of Topliss-reactive ketones (excluding diaryl/α,β-unsaturated/α-hetero) is 1. The number of methoxy groups -OCH3 is 1. The fourth-order valence-electron chi connectivity index (χ4n) is 9.17. The first-order valence-electron chi connectivity index (χ1n) is 14.5. The molecule has 5 rings (SSSR count). The second-order valence-corrected chi connectivity index (χ2v) is 13.6. The van der Waals surface area contributed by atoms with Crippen LogP contribution in [0.4, 0.5) is 0 Å². The summed E-state index contributed by atoms with van der Waals surface area (Å²) in [7, 11) is 1.07. The van der Waals surface area contributed by atoms with Crippen molar-refractivity contribution in [2.75, 3.05) is 13.7 Å². The molecule has 2 saturated heterocycles. The van der Waals surface area contributed by atoms with Crippen molar-refractivity contribution in [3.63, 3.8) is 0 Å². The average molecular weight is 609 g/mol. The molecule has 1 spiro atoms. The lowest BCUT2D eigenvalue weighted by molar-refractivity contribution is -0.298. The number of hydrogen-bond acceptors (Lipinski definition) is 13. The lowest BCUT2D eigenvalue weighted by atomic mass is 9.37. The molecule has 0 aromatic carbocycles. The van der Waals surface area contributed by atoms with Crippen molar-refractivity contribution in [3.05, 3.63) is 11.6 Å². The largest absolute Gasteiger partial charge is 0.467 e. The Labute approximate surface area is 248 Å². The molecule has 3 saturated carbocycles. The highest BCUT2D eigenvalue weighted by molar-refractivity contribution is 5.90. The molecule has 238 valence electrons. The van der Waals surface area contributed by atoms with Gasteiger partial charge in [-0.1, -0.05) is 13.8 Å². The van der Waals surface area contributed by atoms with E-state index in [-0.39, 0.29) is 19.4 Å². The molecule has 5 fully saturated rings. The summed E-state index contributed by atoms with van der Waals surface area (Å²) >= 11 is 0. The number of carbonyl (C=O) groups is 5. The van der Waals surface area contributed by atoms with Gasteiger partial charge in [0.15, 0.2) is 5.78 Å². The van der Waals surface area contributed by atoms with Crippen LogP contribution in [0.5, 0.6) is 0 Å². The second-order valence-electron chi connectivity index (χ2n) is 13.6. The van der Waals surface area contributed by atoms with E-state index in [2.05, 4.69) is 0 Å². The number of rotatable bonds is 5. The van der Waals surface area contributed by atoms with Crippen molar-refractivity contribution in [3.8, 4) is 0 Å². The van der Waals surface area contributed by atoms with Gasteiger partial charge in [0.25, 0.3) is 0 Å². The zero-order chi connectivity index (χ0) is 32.0. The molecule has 5 aliphatic rings. The molecule has 0 aromatic rings. The lowest BCUT2D eigenvalue weighted by Crippen LogP contribution is -2.79. The Morgan fingerprint density at radius 2 is 1.74 bits per heavy atom. The monoisotopic (exact) mass is 608 g/mol. The summed E-state index contributed by atoms with van der Waals surface area (Å²) < 4.78 is 28.0. The average Bonchev–Trinajstić information content (AvgIpc) is 3.21. The van der Waals surface area contributed by atoms with Crippen molar-refractivity contribution < 1.29 is 63.0 Å². The smallest absolute Gasteiger partial charge is 0.348 e. The lowest BCUT2D eigenvalue weighted by Gasteiger charge is -2.68. The summed E-state index contributed by atoms with van der Waals surface area (Å²) in [6.07, 6.45) is -6.41. The van der Waals surface area contributed by atoms with E-state index in [4.69, 9.17) is 23.7 Å². The van der Waals surface area contributed by atoms with E-state index >= 15 is 0 Å². The normalized spacial score (nSPS) is 45.3. The van der Waals surface area contributed by atoms with E-state index in [0.717, 1.165) is 13.2 Å². The van der Waals surface area contributed by atoms with E-state index < -0.39 is 106 Å². The molecule has 0 unspecified atom stereocenters. The standard InChI is InChI=1S/C30H40O13/c1-12(27(4,5)43-14(3)31)8-18(33)42-21-23-29-11-40-30(23,26(38)39-7)24(36)20(35)22(29)28(6)10-16(32)19(34)13(2)15(28)9-17(29)41-25(21)37/h8,13,15,17,19-24,34-36H,9-11H2,1-7H3/b12-8+/t13-,15-,17+,19+,20+,21+,22+,23+,24-,28-,29+,30+/m0/s1. The second kappa shape index (κ2) is 10.1. The Bertz CT molecular complexity index is 1290. The van der Waals surface area contributed by atoms with Gasteiger partial charge in [0, 0.05) is 30.8 Å². The summed E-state index contributed by atoms with van der Waals surface area (Å²) in [5.41, 5.74) is -5.56. The molecule has 2 bridgehead atoms. The van der Waals surface area contributed by atoms with Gasteiger partial charge >= 0.3 is 23.9 Å². The quantitative estimate of drug-likeness (QED) is 0.215. The van der Waals surface area contributed by atoms with Gasteiger partial charge in [0.2, 0.25) is 11.7 Å². The molecule has 2 heterocycles. The molecule has 3 N–H and O–H groups in total. The summed E-state index contributed by atoms with van der Waals surface area (Å²) in [5, 5.41) is 34.1. The molecule has 0 aromatic heterocycles. The number of carbonyl (C=O) groups excluding carboxylic acids is 5. The fourth-order valence-corrected chi connectivity index (χ4v) is 9.17. The van der Waals surface area contributed by atoms with Crippen LogP contribution < -0.4 is 0 Å². The number of aliphatic hydroxyl groups is 3. The van der Waals surface area contributed by atoms with E-state index in [1.165, 1.54) is 13.8 Å². The molecule has 2 aliphatic heterocycles. The Balaban J connectivity index is 1.63. The highest BCUT2D eigenvalue weighted by Crippen LogP contribution is 2.73. The summed E-state index contributed by atoms with van der Waals surface area (Å²) in [5.74, 6) is -7.31. The molecule has 43 heavy (non-hydrogen) atoms. The molecule has 3 aliphatic carbocycles. The minimum Gasteiger partial charge on any atom is -0.467 e. The minimum atomic E-state index is -2.30. The van der Waals surface area contributed by atoms with Gasteiger partial charge in [-0.2, -0.15) is 0 Å². The third-order valence-electron chi connectivity index (χ3n) is 11.2. The summed E-state index contributed by atoms with van der Waals surface area (Å²) in [4.78, 5) is 65.0. The van der Waals surface area contributed by atoms with Crippen LogP contribution in [0.2, 0.25) is 0 Å². The van der Waals surface area contributed by atoms with Crippen LogP contribution in [-0.2, 0) is 47.7 Å². The number of esters is 4. The fraction of sp³-hybridized carbons (Fsp3) is 0.767. The zero-order valence-corrected chi connectivity index (χ0v) is 25.3. The van der Waals surface area contributed by atoms with E-state index in [9.17, 15) is 39.3 Å². The Hall–Kier alpha value is -2.87. The molecular formula is C30H40O13. The van der Waals surface area contributed by atoms with E-state index in [1.807, 2.05) is 0 Å². The van der Waals surface area contributed by atoms with Crippen LogP contribution in [-0.4, -0.2) is 100 Å². The van der Waals surface area contributed by atoms with Crippen molar-refractivity contribution in [2.45, 2.75) is 96.1 Å². The number of hydrogen-bond donors (Lipinski definition) is 3. The third kappa shape index (κ3) is 4.14. The molecule has 13 heteroatoms. The van der Waals surface area contributed by atoms with Gasteiger partial charge in [-0.05, 0) is 50.0 Å². The first kappa shape index (κ1) is 31.6. The first-order chi connectivity index (χ1) is 19.9. The predicted molar refractivity (Wildman–Crippen MR) is 142 cm³/mol. The van der Waals surface area contributed by atoms with Crippen LogP contribution in [0.3, 0.4) is 0 Å². The van der Waals surface area contributed by atoms with Crippen LogP contribution in [0.25, 0.3) is 0 Å². The van der Waals surface area contributed by atoms with Crippen LogP contribution >= 0.6 is 0 Å². The number of ketones is 1. The Kier molecular flexibility index (Phi) is 7.40. The van der Waals surface area contributed by atoms with Crippen molar-refractivity contribution >= 4 is 29.7 Å². The highest BCUT2D eigenvalue weighted by Gasteiger charge is 2.85. The number of fused-ring (bicyclic) bond motifs is 2. The van der Waals surface area contributed by atoms with E-state index in [1.54, 1.807) is 27.7 Å². The SMILES string of the molecule is COC(=O)[C@]12OC[C@]34[C@H]([C@@H](O)[C@@H]1O)[C@@]1(C)CC(=O)[C@H](O)[C@@H](C)[C@@H]1C[C@H]3OC(=O)[C@H](OC(=O)/C=C(\C)C(C)(C)OC(C)=O)[C@@H]24. The third-order valence-corrected chi connectivity index (χ3v) is 11.2. The van der Waals surface area contributed by atoms with Crippen molar-refractivity contribution in [1.29, 1.82) is 0 Å². The number of aliphatic hydroxyl groups excluding tert-OH is 3. The summed E-state index contributed by atoms with van der Waals surface area (Å²) in [6, 6.07) is 0. The number of ether oxygens (including phenoxy) is 5. The topological polar surface area (TPSA) is 192 Å². The first-order valence-corrected chi connectivity index (χ1v) is 14.5. The molecular weight excluding hydrogens is 568 g/mol. The van der Waals surface area contributed by atoms with Crippen molar-refractivity contribution in [1.82, 2.24) is 0 Å². The molecule has 0 radical (unpaired) electrons. The van der Waals surface area contributed by atoms with Gasteiger partial charge in [0.1, 0.15) is 23.9 Å². The Morgan fingerprint density at radius 3 is 2.35 bits per heavy atom. The molecule has 13 nitrogen and oxygen atoms in total. The van der Waals surface area contributed by atoms with Gasteiger partial charge in [-0.3, -0.25) is 9.59 Å². The van der Waals surface area contributed by atoms with Crippen LogP contribution in [0.15, 0.2) is 11.6 Å². The maximum Gasteiger partial charge on any atom is 0.348 e. The van der Waals surface area contributed by atoms with Crippen LogP contribution in [0, 0.1) is 34.5 Å². The molecule has 12 atom stereocenters. The highest BCUT2D eigenvalue weighted by atomic mass is 16.6. The van der Waals surface area contributed by atoms with E-state index in [0.29, 0.717) is 5.57 Å². The molecule has 0 amide bonds. The van der Waals surface area contributed by atoms with Crippen molar-refractivity contribution in [2.24, 2.45) is 34.5 Å². The maximum atomic E-state index is 13.7. The van der Waals surface area contributed by atoms with Gasteiger partial charge < -0.3 is 39.0 Å². The van der Waals surface area contributed by atoms with Gasteiger partial charge in [-0.25, -0.2) is 14.4 Å². The van der Waals surface area contributed by atoms with Gasteiger partial charge in [-0.15, -0.1) is 0 Å².